The maximum Gasteiger partial charge on any atom is 0.269 e. The van der Waals surface area contributed by atoms with Gasteiger partial charge in [0.25, 0.3) is 5.69 Å². The van der Waals surface area contributed by atoms with E-state index in [9.17, 15) is 18.9 Å². The van der Waals surface area contributed by atoms with Gasteiger partial charge in [-0.2, -0.15) is 0 Å². The quantitative estimate of drug-likeness (QED) is 0.653. The van der Waals surface area contributed by atoms with Gasteiger partial charge in [-0.1, -0.05) is 12.1 Å². The molecule has 1 aliphatic rings. The predicted molar refractivity (Wildman–Crippen MR) is 62.4 cm³/mol. The predicted octanol–water partition coefficient (Wildman–Crippen LogP) is 2.96. The van der Waals surface area contributed by atoms with Crippen LogP contribution in [-0.2, 0) is 5.54 Å². The fourth-order valence-electron chi connectivity index (χ4n) is 2.27. The highest BCUT2D eigenvalue weighted by atomic mass is 19.3. The minimum atomic E-state index is -2.64. The van der Waals surface area contributed by atoms with Crippen LogP contribution in [0.3, 0.4) is 0 Å². The van der Waals surface area contributed by atoms with Crippen molar-refractivity contribution in [3.05, 3.63) is 39.9 Å². The Hall–Kier alpha value is -1.56. The molecule has 2 N–H and O–H groups in total. The van der Waals surface area contributed by atoms with E-state index in [1.807, 2.05) is 0 Å². The van der Waals surface area contributed by atoms with Crippen molar-refractivity contribution in [3.8, 4) is 0 Å². The molecular weight excluding hydrogens is 242 g/mol. The van der Waals surface area contributed by atoms with Crippen LogP contribution < -0.4 is 5.73 Å². The molecule has 1 aromatic carbocycles. The Kier molecular flexibility index (Phi) is 3.06. The van der Waals surface area contributed by atoms with Crippen molar-refractivity contribution in [1.29, 1.82) is 0 Å². The Morgan fingerprint density at radius 3 is 2.06 bits per heavy atom. The van der Waals surface area contributed by atoms with Crippen molar-refractivity contribution >= 4 is 5.69 Å². The molecule has 0 atom stereocenters. The van der Waals surface area contributed by atoms with E-state index in [4.69, 9.17) is 5.73 Å². The number of non-ortho nitro benzene ring substituents is 1. The van der Waals surface area contributed by atoms with E-state index >= 15 is 0 Å². The molecule has 4 nitrogen and oxygen atoms in total. The Morgan fingerprint density at radius 2 is 1.61 bits per heavy atom. The summed E-state index contributed by atoms with van der Waals surface area (Å²) in [6, 6.07) is 5.83. The number of nitro benzene ring substituents is 1. The van der Waals surface area contributed by atoms with E-state index in [1.54, 1.807) is 12.1 Å². The number of rotatable bonds is 2. The fourth-order valence-corrected chi connectivity index (χ4v) is 2.27. The molecule has 0 spiro atoms. The molecule has 2 rings (SSSR count). The minimum absolute atomic E-state index is 0.0245. The molecule has 6 heteroatoms. The van der Waals surface area contributed by atoms with Crippen molar-refractivity contribution < 1.29 is 13.7 Å². The molecule has 0 saturated heterocycles. The molecular formula is C12H14F2N2O2. The Morgan fingerprint density at radius 1 is 1.11 bits per heavy atom. The first-order chi connectivity index (χ1) is 8.32. The zero-order valence-corrected chi connectivity index (χ0v) is 9.73. The lowest BCUT2D eigenvalue weighted by Gasteiger charge is -2.37. The number of alkyl halides is 2. The minimum Gasteiger partial charge on any atom is -0.321 e. The second-order valence-electron chi connectivity index (χ2n) is 4.82. The van der Waals surface area contributed by atoms with Crippen LogP contribution in [0.2, 0.25) is 0 Å². The lowest BCUT2D eigenvalue weighted by molar-refractivity contribution is -0.384. The summed E-state index contributed by atoms with van der Waals surface area (Å²) in [5, 5.41) is 10.5. The lowest BCUT2D eigenvalue weighted by atomic mass is 9.76. The highest BCUT2D eigenvalue weighted by Crippen LogP contribution is 2.42. The number of halogens is 2. The highest BCUT2D eigenvalue weighted by Gasteiger charge is 2.42. The van der Waals surface area contributed by atoms with Crippen LogP contribution in [-0.4, -0.2) is 10.8 Å². The number of nitrogens with two attached hydrogens (primary N) is 1. The Labute approximate surface area is 103 Å². The topological polar surface area (TPSA) is 69.2 Å². The zero-order chi connectivity index (χ0) is 13.4. The second-order valence-corrected chi connectivity index (χ2v) is 4.82. The molecule has 98 valence electrons. The molecule has 0 heterocycles. The first-order valence-corrected chi connectivity index (χ1v) is 5.74. The smallest absolute Gasteiger partial charge is 0.269 e. The standard InChI is InChI=1S/C12H14F2N2O2/c13-12(14)7-5-11(15,6-8-12)9-1-3-10(4-2-9)16(17)18/h1-4H,5-8,15H2. The summed E-state index contributed by atoms with van der Waals surface area (Å²) in [6.07, 6.45) is -0.0867. The summed E-state index contributed by atoms with van der Waals surface area (Å²) < 4.78 is 26.2. The van der Waals surface area contributed by atoms with Gasteiger partial charge in [-0.15, -0.1) is 0 Å². The van der Waals surface area contributed by atoms with Gasteiger partial charge >= 0.3 is 0 Å². The third kappa shape index (κ3) is 2.48. The van der Waals surface area contributed by atoms with Crippen LogP contribution in [0.25, 0.3) is 0 Å². The summed E-state index contributed by atoms with van der Waals surface area (Å²) in [5.41, 5.74) is 5.99. The molecule has 0 amide bonds. The molecule has 1 saturated carbocycles. The van der Waals surface area contributed by atoms with E-state index in [-0.39, 0.29) is 31.4 Å². The van der Waals surface area contributed by atoms with Crippen LogP contribution in [0, 0.1) is 10.1 Å². The molecule has 1 aromatic rings. The third-order valence-electron chi connectivity index (χ3n) is 3.53. The average molecular weight is 256 g/mol. The zero-order valence-electron chi connectivity index (χ0n) is 9.73. The van der Waals surface area contributed by atoms with Crippen LogP contribution in [0.5, 0.6) is 0 Å². The van der Waals surface area contributed by atoms with E-state index in [0.717, 1.165) is 0 Å². The van der Waals surface area contributed by atoms with Gasteiger partial charge in [0, 0.05) is 30.5 Å². The summed E-state index contributed by atoms with van der Waals surface area (Å²) in [4.78, 5) is 10.0. The van der Waals surface area contributed by atoms with Crippen LogP contribution in [0.15, 0.2) is 24.3 Å². The average Bonchev–Trinajstić information content (AvgIpc) is 2.34. The highest BCUT2D eigenvalue weighted by molar-refractivity contribution is 5.36. The van der Waals surface area contributed by atoms with Gasteiger partial charge in [0.1, 0.15) is 0 Å². The summed E-state index contributed by atoms with van der Waals surface area (Å²) >= 11 is 0. The van der Waals surface area contributed by atoms with E-state index in [0.29, 0.717) is 5.56 Å². The van der Waals surface area contributed by atoms with Gasteiger partial charge in [0.05, 0.1) is 4.92 Å². The van der Waals surface area contributed by atoms with E-state index in [2.05, 4.69) is 0 Å². The van der Waals surface area contributed by atoms with Gasteiger partial charge < -0.3 is 5.73 Å². The number of nitrogens with zero attached hydrogens (tertiary/aromatic N) is 1. The van der Waals surface area contributed by atoms with Gasteiger partial charge in [0.2, 0.25) is 5.92 Å². The largest absolute Gasteiger partial charge is 0.321 e. The third-order valence-corrected chi connectivity index (χ3v) is 3.53. The molecule has 0 bridgehead atoms. The van der Waals surface area contributed by atoms with E-state index < -0.39 is 16.4 Å². The van der Waals surface area contributed by atoms with Gasteiger partial charge in [0.15, 0.2) is 0 Å². The maximum absolute atomic E-state index is 13.1. The molecule has 0 radical (unpaired) electrons. The number of hydrogen-bond acceptors (Lipinski definition) is 3. The van der Waals surface area contributed by atoms with Crippen molar-refractivity contribution in [3.63, 3.8) is 0 Å². The monoisotopic (exact) mass is 256 g/mol. The molecule has 18 heavy (non-hydrogen) atoms. The summed E-state index contributed by atoms with van der Waals surface area (Å²) in [6.45, 7) is 0. The van der Waals surface area contributed by atoms with Gasteiger partial charge in [-0.05, 0) is 18.4 Å². The van der Waals surface area contributed by atoms with Crippen molar-refractivity contribution in [2.45, 2.75) is 37.1 Å². The van der Waals surface area contributed by atoms with Crippen LogP contribution in [0.1, 0.15) is 31.2 Å². The number of hydrogen-bond donors (Lipinski definition) is 1. The second kappa shape index (κ2) is 4.28. The van der Waals surface area contributed by atoms with Crippen molar-refractivity contribution in [2.75, 3.05) is 0 Å². The normalized spacial score (nSPS) is 21.5. The molecule has 0 aromatic heterocycles. The Balaban J connectivity index is 2.18. The van der Waals surface area contributed by atoms with Crippen LogP contribution >= 0.6 is 0 Å². The maximum atomic E-state index is 13.1. The van der Waals surface area contributed by atoms with Gasteiger partial charge in [-0.25, -0.2) is 8.78 Å². The van der Waals surface area contributed by atoms with Crippen LogP contribution in [0.4, 0.5) is 14.5 Å². The number of benzene rings is 1. The first kappa shape index (κ1) is 12.9. The Bertz CT molecular complexity index is 450. The number of nitro groups is 1. The lowest BCUT2D eigenvalue weighted by Crippen LogP contribution is -2.43. The summed E-state index contributed by atoms with van der Waals surface area (Å²) in [7, 11) is 0. The van der Waals surface area contributed by atoms with Crippen molar-refractivity contribution in [1.82, 2.24) is 0 Å². The first-order valence-electron chi connectivity index (χ1n) is 5.74. The fraction of sp³-hybridized carbons (Fsp3) is 0.500. The van der Waals surface area contributed by atoms with Crippen molar-refractivity contribution in [2.24, 2.45) is 5.73 Å². The molecule has 1 aliphatic carbocycles. The summed E-state index contributed by atoms with van der Waals surface area (Å²) in [5.74, 6) is -2.64. The molecule has 1 fully saturated rings. The SMILES string of the molecule is NC1(c2ccc([N+](=O)[O-])cc2)CCC(F)(F)CC1. The molecule has 0 aliphatic heterocycles. The van der Waals surface area contributed by atoms with E-state index in [1.165, 1.54) is 12.1 Å². The molecule has 0 unspecified atom stereocenters. The van der Waals surface area contributed by atoms with Gasteiger partial charge in [-0.3, -0.25) is 10.1 Å².